The van der Waals surface area contributed by atoms with Crippen molar-refractivity contribution in [3.63, 3.8) is 0 Å². The summed E-state index contributed by atoms with van der Waals surface area (Å²) in [5.41, 5.74) is 2.70. The van der Waals surface area contributed by atoms with Crippen molar-refractivity contribution >= 4 is 21.8 Å². The van der Waals surface area contributed by atoms with E-state index in [9.17, 15) is 18.0 Å². The number of benzene rings is 3. The molecule has 7 nitrogen and oxygen atoms in total. The molecule has 39 heavy (non-hydrogen) atoms. The predicted octanol–water partition coefficient (Wildman–Crippen LogP) is 6.00. The first-order valence-corrected chi connectivity index (χ1v) is 12.9. The van der Waals surface area contributed by atoms with Gasteiger partial charge in [0.25, 0.3) is 0 Å². The second-order valence-corrected chi connectivity index (χ2v) is 9.90. The lowest BCUT2D eigenvalue weighted by Gasteiger charge is -2.39. The molecule has 2 heterocycles. The van der Waals surface area contributed by atoms with Gasteiger partial charge in [0.05, 0.1) is 20.3 Å². The predicted molar refractivity (Wildman–Crippen MR) is 139 cm³/mol. The fourth-order valence-corrected chi connectivity index (χ4v) is 5.47. The molecule has 0 fully saturated rings. The van der Waals surface area contributed by atoms with Gasteiger partial charge >= 0.3 is 12.1 Å². The van der Waals surface area contributed by atoms with Gasteiger partial charge < -0.3 is 28.6 Å². The molecule has 1 amide bonds. The number of methoxy groups -OCH3 is 2. The minimum Gasteiger partial charge on any atom is -0.492 e. The van der Waals surface area contributed by atoms with Crippen molar-refractivity contribution in [2.45, 2.75) is 31.7 Å². The molecule has 1 atom stereocenters. The lowest BCUT2D eigenvalue weighted by Crippen LogP contribution is -2.47. The molecule has 0 bridgehead atoms. The van der Waals surface area contributed by atoms with E-state index in [0.717, 1.165) is 10.5 Å². The third-order valence-corrected chi connectivity index (χ3v) is 7.52. The standard InChI is InChI=1S/C28H25BrF3NO6/c1-35-25-18-8-9-33(27(34)28(30,31)32)21(10-17-11-22-23(13-20(17)29)39-15-38-22)19(18)12-24(26(25)36-2)37-14-16-6-4-3-5-7-16/h3-7,11-13,21H,8-10,14-15H2,1-2H3. The average molecular weight is 608 g/mol. The van der Waals surface area contributed by atoms with Crippen LogP contribution in [0.25, 0.3) is 0 Å². The number of nitrogens with zero attached hydrogens (tertiary/aromatic N) is 1. The number of amides is 1. The molecule has 3 aromatic carbocycles. The number of hydrogen-bond acceptors (Lipinski definition) is 6. The van der Waals surface area contributed by atoms with E-state index in [4.69, 9.17) is 23.7 Å². The molecule has 0 spiro atoms. The number of alkyl halides is 3. The Morgan fingerprint density at radius 2 is 1.74 bits per heavy atom. The number of carbonyl (C=O) groups excluding carboxylic acids is 1. The molecule has 0 saturated carbocycles. The second kappa shape index (κ2) is 10.9. The largest absolute Gasteiger partial charge is 0.492 e. The Kier molecular flexibility index (Phi) is 7.53. The van der Waals surface area contributed by atoms with Gasteiger partial charge in [-0.15, -0.1) is 0 Å². The van der Waals surface area contributed by atoms with E-state index in [-0.39, 0.29) is 32.8 Å². The van der Waals surface area contributed by atoms with Crippen LogP contribution in [0.4, 0.5) is 13.2 Å². The summed E-state index contributed by atoms with van der Waals surface area (Å²) in [7, 11) is 2.94. The summed E-state index contributed by atoms with van der Waals surface area (Å²) < 4.78 is 70.1. The Bertz CT molecular complexity index is 1380. The summed E-state index contributed by atoms with van der Waals surface area (Å²) in [5.74, 6) is 0.111. The van der Waals surface area contributed by atoms with Crippen LogP contribution in [-0.4, -0.2) is 44.5 Å². The third kappa shape index (κ3) is 5.32. The Morgan fingerprint density at radius 3 is 2.41 bits per heavy atom. The maximum Gasteiger partial charge on any atom is 0.471 e. The lowest BCUT2D eigenvalue weighted by atomic mass is 9.87. The molecule has 0 aromatic heterocycles. The van der Waals surface area contributed by atoms with Crippen molar-refractivity contribution in [1.82, 2.24) is 4.90 Å². The highest BCUT2D eigenvalue weighted by atomic mass is 79.9. The molecule has 11 heteroatoms. The van der Waals surface area contributed by atoms with Crippen LogP contribution in [-0.2, 0) is 24.2 Å². The van der Waals surface area contributed by atoms with Crippen LogP contribution in [0.5, 0.6) is 28.7 Å². The van der Waals surface area contributed by atoms with Crippen molar-refractivity contribution in [2.24, 2.45) is 0 Å². The molecule has 2 aliphatic heterocycles. The highest BCUT2D eigenvalue weighted by Crippen LogP contribution is 2.49. The summed E-state index contributed by atoms with van der Waals surface area (Å²) in [6, 6.07) is 13.5. The fraction of sp³-hybridized carbons (Fsp3) is 0.321. The lowest BCUT2D eigenvalue weighted by molar-refractivity contribution is -0.188. The van der Waals surface area contributed by atoms with Gasteiger partial charge in [0.1, 0.15) is 6.61 Å². The van der Waals surface area contributed by atoms with E-state index in [1.54, 1.807) is 18.2 Å². The van der Waals surface area contributed by atoms with Gasteiger partial charge in [-0.25, -0.2) is 0 Å². The zero-order valence-electron chi connectivity index (χ0n) is 21.1. The van der Waals surface area contributed by atoms with Crippen molar-refractivity contribution in [1.29, 1.82) is 0 Å². The highest BCUT2D eigenvalue weighted by Gasteiger charge is 2.47. The molecule has 0 aliphatic carbocycles. The number of rotatable bonds is 7. The van der Waals surface area contributed by atoms with E-state index in [1.165, 1.54) is 14.2 Å². The van der Waals surface area contributed by atoms with Crippen molar-refractivity contribution in [2.75, 3.05) is 27.6 Å². The van der Waals surface area contributed by atoms with Crippen molar-refractivity contribution < 1.29 is 41.7 Å². The van der Waals surface area contributed by atoms with Gasteiger partial charge in [-0.2, -0.15) is 13.2 Å². The van der Waals surface area contributed by atoms with Gasteiger partial charge in [-0.1, -0.05) is 46.3 Å². The molecule has 1 unspecified atom stereocenters. The van der Waals surface area contributed by atoms with E-state index in [1.807, 2.05) is 30.3 Å². The van der Waals surface area contributed by atoms with Crippen LogP contribution >= 0.6 is 15.9 Å². The van der Waals surface area contributed by atoms with Gasteiger partial charge in [0.2, 0.25) is 12.5 Å². The van der Waals surface area contributed by atoms with Crippen molar-refractivity contribution in [3.8, 4) is 28.7 Å². The zero-order valence-corrected chi connectivity index (χ0v) is 22.7. The molecule has 0 N–H and O–H groups in total. The number of halogens is 4. The van der Waals surface area contributed by atoms with Gasteiger partial charge in [-0.05, 0) is 47.7 Å². The maximum atomic E-state index is 13.7. The van der Waals surface area contributed by atoms with Gasteiger partial charge in [0, 0.05) is 16.6 Å². The van der Waals surface area contributed by atoms with Crippen molar-refractivity contribution in [3.05, 3.63) is 75.3 Å². The Labute approximate surface area is 231 Å². The summed E-state index contributed by atoms with van der Waals surface area (Å²) in [4.78, 5) is 13.5. The molecule has 2 aliphatic rings. The normalized spacial score (nSPS) is 16.1. The second-order valence-electron chi connectivity index (χ2n) is 9.05. The topological polar surface area (TPSA) is 66.5 Å². The first-order valence-electron chi connectivity index (χ1n) is 12.1. The number of hydrogen-bond donors (Lipinski definition) is 0. The molecule has 5 rings (SSSR count). The number of ether oxygens (including phenoxy) is 5. The first kappa shape index (κ1) is 27.0. The van der Waals surface area contributed by atoms with E-state index < -0.39 is 18.1 Å². The fourth-order valence-electron chi connectivity index (χ4n) is 4.99. The SMILES string of the molecule is COc1c(OCc2ccccc2)cc2c(c1OC)CCN(C(=O)C(F)(F)F)C2Cc1cc2c(cc1Br)OCO2. The maximum absolute atomic E-state index is 13.7. The Morgan fingerprint density at radius 1 is 1.05 bits per heavy atom. The smallest absolute Gasteiger partial charge is 0.471 e. The summed E-state index contributed by atoms with van der Waals surface area (Å²) in [5, 5.41) is 0. The monoisotopic (exact) mass is 607 g/mol. The van der Waals surface area contributed by atoms with E-state index in [2.05, 4.69) is 15.9 Å². The molecular formula is C28H25BrF3NO6. The van der Waals surface area contributed by atoms with Gasteiger partial charge in [-0.3, -0.25) is 4.79 Å². The minimum absolute atomic E-state index is 0.0509. The number of carbonyl (C=O) groups is 1. The average Bonchev–Trinajstić information content (AvgIpc) is 3.38. The minimum atomic E-state index is -5.04. The quantitative estimate of drug-likeness (QED) is 0.328. The molecule has 206 valence electrons. The summed E-state index contributed by atoms with van der Waals surface area (Å²) in [6.45, 7) is 0.0971. The molecule has 3 aromatic rings. The molecule has 0 radical (unpaired) electrons. The Balaban J connectivity index is 1.61. The van der Waals surface area contributed by atoms with Crippen LogP contribution in [0.1, 0.15) is 28.3 Å². The van der Waals surface area contributed by atoms with E-state index in [0.29, 0.717) is 49.9 Å². The first-order chi connectivity index (χ1) is 18.7. The molecule has 0 saturated heterocycles. The Hall–Kier alpha value is -3.60. The zero-order chi connectivity index (χ0) is 27.7. The molecular weight excluding hydrogens is 583 g/mol. The highest BCUT2D eigenvalue weighted by molar-refractivity contribution is 9.10. The van der Waals surface area contributed by atoms with Gasteiger partial charge in [0.15, 0.2) is 23.0 Å². The summed E-state index contributed by atoms with van der Waals surface area (Å²) in [6.07, 6.45) is -4.82. The van der Waals surface area contributed by atoms with Crippen LogP contribution in [0.15, 0.2) is 53.0 Å². The third-order valence-electron chi connectivity index (χ3n) is 6.78. The van der Waals surface area contributed by atoms with E-state index >= 15 is 0 Å². The van der Waals surface area contributed by atoms with Crippen LogP contribution < -0.4 is 23.7 Å². The van der Waals surface area contributed by atoms with Crippen LogP contribution in [0.2, 0.25) is 0 Å². The summed E-state index contributed by atoms with van der Waals surface area (Å²) >= 11 is 3.50. The van der Waals surface area contributed by atoms with Crippen LogP contribution in [0, 0.1) is 0 Å². The number of fused-ring (bicyclic) bond motifs is 2. The van der Waals surface area contributed by atoms with Crippen LogP contribution in [0.3, 0.4) is 0 Å².